The van der Waals surface area contributed by atoms with E-state index in [0.29, 0.717) is 38.5 Å². The zero-order chi connectivity index (χ0) is 53.6. The van der Waals surface area contributed by atoms with Crippen molar-refractivity contribution in [2.45, 2.75) is 33.7 Å². The highest BCUT2D eigenvalue weighted by Gasteiger charge is 2.28. The number of Topliss-reactive ketones (excluding diaryl/α,β-unsaturated/α-hetero) is 2. The van der Waals surface area contributed by atoms with Crippen molar-refractivity contribution in [3.8, 4) is 0 Å². The van der Waals surface area contributed by atoms with Gasteiger partial charge in [-0.1, -0.05) is 61.2 Å². The van der Waals surface area contributed by atoms with Crippen molar-refractivity contribution >= 4 is 58.0 Å². The van der Waals surface area contributed by atoms with Crippen molar-refractivity contribution in [3.63, 3.8) is 0 Å². The van der Waals surface area contributed by atoms with E-state index in [1.165, 1.54) is 30.9 Å². The Hall–Kier alpha value is -7.77. The average molecular weight is 1010 g/mol. The van der Waals surface area contributed by atoms with E-state index in [9.17, 15) is 24.0 Å². The first kappa shape index (κ1) is 57.1. The fraction of sp³-hybridized carbons (Fsp3) is 0.400. The van der Waals surface area contributed by atoms with Gasteiger partial charge in [-0.2, -0.15) is 10.2 Å². The first-order valence-electron chi connectivity index (χ1n) is 25.0. The summed E-state index contributed by atoms with van der Waals surface area (Å²) in [7, 11) is 8.22. The number of nitrogens with two attached hydrogens (primary N) is 1. The molecule has 0 unspecified atom stereocenters. The Morgan fingerprint density at radius 1 is 0.608 bits per heavy atom. The fourth-order valence-electron chi connectivity index (χ4n) is 8.48. The van der Waals surface area contributed by atoms with Gasteiger partial charge in [-0.25, -0.2) is 4.68 Å². The van der Waals surface area contributed by atoms with Gasteiger partial charge in [-0.15, -0.1) is 0 Å². The van der Waals surface area contributed by atoms with Crippen LogP contribution in [0.25, 0.3) is 0 Å². The molecule has 0 saturated carbocycles. The third-order valence-corrected chi connectivity index (χ3v) is 12.4. The van der Waals surface area contributed by atoms with E-state index in [4.69, 9.17) is 5.73 Å². The molecule has 3 aromatic carbocycles. The van der Waals surface area contributed by atoms with Gasteiger partial charge in [0.2, 0.25) is 5.91 Å². The summed E-state index contributed by atoms with van der Waals surface area (Å²) in [5.74, 6) is 1.07. The van der Waals surface area contributed by atoms with Crippen LogP contribution in [0.4, 0.5) is 28.7 Å². The number of allylic oxidation sites excluding steroid dienone is 1. The molecule has 0 bridgehead atoms. The molecule has 3 amide bonds. The lowest BCUT2D eigenvalue weighted by atomic mass is 10.1. The summed E-state index contributed by atoms with van der Waals surface area (Å²) in [6.45, 7) is 19.0. The second kappa shape index (κ2) is 29.1. The number of carbonyl (C=O) groups is 5. The molecule has 74 heavy (non-hydrogen) atoms. The zero-order valence-electron chi connectivity index (χ0n) is 44.3. The molecule has 396 valence electrons. The van der Waals surface area contributed by atoms with Crippen molar-refractivity contribution in [2.24, 2.45) is 0 Å². The minimum absolute atomic E-state index is 0.0331. The van der Waals surface area contributed by atoms with E-state index >= 15 is 0 Å². The molecule has 0 radical (unpaired) electrons. The number of fused-ring (bicyclic) bond motifs is 1. The maximum Gasteiger partial charge on any atom is 0.256 e. The van der Waals surface area contributed by atoms with Crippen LogP contribution in [0.5, 0.6) is 0 Å². The third kappa shape index (κ3) is 18.1. The van der Waals surface area contributed by atoms with Crippen LogP contribution in [-0.2, 0) is 30.5 Å². The number of carbonyl (C=O) groups excluding carboxylic acids is 5. The summed E-state index contributed by atoms with van der Waals surface area (Å²) in [6.07, 6.45) is 3.39. The first-order chi connectivity index (χ1) is 35.5. The second-order valence-corrected chi connectivity index (χ2v) is 18.8. The summed E-state index contributed by atoms with van der Waals surface area (Å²) < 4.78 is 1.83. The Kier molecular flexibility index (Phi) is 22.4. The predicted molar refractivity (Wildman–Crippen MR) is 295 cm³/mol. The number of para-hydroxylation sites is 3. The normalized spacial score (nSPS) is 15.1. The lowest BCUT2D eigenvalue weighted by Crippen LogP contribution is -2.49. The summed E-state index contributed by atoms with van der Waals surface area (Å²) in [5, 5.41) is 13.6. The molecule has 4 aliphatic rings. The summed E-state index contributed by atoms with van der Waals surface area (Å²) >= 11 is 0. The molecular formula is C55H76N14O5. The van der Waals surface area contributed by atoms with Crippen LogP contribution in [0.1, 0.15) is 27.2 Å². The summed E-state index contributed by atoms with van der Waals surface area (Å²) in [6, 6.07) is 34.3. The van der Waals surface area contributed by atoms with Crippen LogP contribution in [0, 0.1) is 0 Å². The van der Waals surface area contributed by atoms with Crippen molar-refractivity contribution in [1.29, 1.82) is 0 Å². The van der Waals surface area contributed by atoms with Crippen molar-refractivity contribution in [3.05, 3.63) is 139 Å². The average Bonchev–Trinajstić information content (AvgIpc) is 4.10. The van der Waals surface area contributed by atoms with Gasteiger partial charge < -0.3 is 40.4 Å². The highest BCUT2D eigenvalue weighted by molar-refractivity contribution is 6.17. The number of rotatable bonds is 10. The van der Waals surface area contributed by atoms with Crippen molar-refractivity contribution < 1.29 is 24.0 Å². The highest BCUT2D eigenvalue weighted by atomic mass is 16.2. The number of aromatic nitrogens is 4. The molecular weight excluding hydrogens is 937 g/mol. The maximum atomic E-state index is 12.9. The molecule has 0 atom stereocenters. The SMILES string of the molecule is C=C(C(C)=O)C(=O)N1CCN(c2ccccc2)CC1.CC(=O)CC(=O)N1CCN(c2ccccc2)CC1.CC1=C(C(=O)N2CCN(c3ccccc3)CC2)Cn2nccc2N1.CN(C)CN(C)C.Nc1ccn[nH]1. The molecule has 4 aliphatic heterocycles. The van der Waals surface area contributed by atoms with Crippen molar-refractivity contribution in [2.75, 3.05) is 139 Å². The lowest BCUT2D eigenvalue weighted by molar-refractivity contribution is -0.135. The van der Waals surface area contributed by atoms with E-state index in [-0.39, 0.29) is 41.3 Å². The van der Waals surface area contributed by atoms with Crippen LogP contribution in [0.2, 0.25) is 0 Å². The second-order valence-electron chi connectivity index (χ2n) is 18.8. The number of hydrogen-bond acceptors (Lipinski definition) is 14. The molecule has 0 aliphatic carbocycles. The highest BCUT2D eigenvalue weighted by Crippen LogP contribution is 2.24. The van der Waals surface area contributed by atoms with Crippen LogP contribution in [-0.4, -0.2) is 187 Å². The van der Waals surface area contributed by atoms with Gasteiger partial charge in [0.05, 0.1) is 36.5 Å². The van der Waals surface area contributed by atoms with E-state index in [0.717, 1.165) is 76.1 Å². The molecule has 2 aromatic heterocycles. The first-order valence-corrected chi connectivity index (χ1v) is 25.0. The number of nitrogen functional groups attached to an aromatic ring is 1. The number of hydrogen-bond donors (Lipinski definition) is 3. The number of benzene rings is 3. The van der Waals surface area contributed by atoms with Gasteiger partial charge in [-0.3, -0.25) is 38.9 Å². The van der Waals surface area contributed by atoms with Crippen LogP contribution >= 0.6 is 0 Å². The number of H-pyrrole nitrogens is 1. The minimum Gasteiger partial charge on any atom is -0.384 e. The Morgan fingerprint density at radius 2 is 1.05 bits per heavy atom. The largest absolute Gasteiger partial charge is 0.384 e. The van der Waals surface area contributed by atoms with Gasteiger partial charge in [0, 0.05) is 114 Å². The monoisotopic (exact) mass is 1010 g/mol. The number of anilines is 5. The number of amides is 3. The zero-order valence-corrected chi connectivity index (χ0v) is 44.3. The summed E-state index contributed by atoms with van der Waals surface area (Å²) in [4.78, 5) is 75.2. The number of nitrogens with zero attached hydrogens (tertiary/aromatic N) is 11. The smallest absolute Gasteiger partial charge is 0.256 e. The van der Waals surface area contributed by atoms with E-state index in [2.05, 4.69) is 128 Å². The van der Waals surface area contributed by atoms with Crippen LogP contribution in [0.3, 0.4) is 0 Å². The van der Waals surface area contributed by atoms with Gasteiger partial charge in [0.15, 0.2) is 5.78 Å². The minimum atomic E-state index is -0.254. The molecule has 3 fully saturated rings. The summed E-state index contributed by atoms with van der Waals surface area (Å²) in [5.41, 5.74) is 10.6. The van der Waals surface area contributed by atoms with Crippen molar-refractivity contribution in [1.82, 2.24) is 44.5 Å². The number of nitrogens with one attached hydrogen (secondary N) is 2. The Bertz CT molecular complexity index is 2560. The molecule has 4 N–H and O–H groups in total. The molecule has 5 aromatic rings. The van der Waals surface area contributed by atoms with E-state index < -0.39 is 0 Å². The topological polar surface area (TPSA) is 196 Å². The van der Waals surface area contributed by atoms with Gasteiger partial charge in [-0.05, 0) is 91.4 Å². The molecule has 6 heterocycles. The Morgan fingerprint density at radius 3 is 1.42 bits per heavy atom. The number of ketones is 2. The Balaban J connectivity index is 0.000000185. The quantitative estimate of drug-likeness (QED) is 0.0749. The van der Waals surface area contributed by atoms with E-state index in [1.54, 1.807) is 28.3 Å². The van der Waals surface area contributed by atoms with Gasteiger partial charge in [0.1, 0.15) is 17.4 Å². The Labute approximate surface area is 436 Å². The standard InChI is InChI=1S/C18H21N5O.C15H18N2O2.C14H18N2O2.C5H14N2.C3H5N3/c1-14-16(13-23-17(20-14)7-8-19-23)18(24)22-11-9-21(10-12-22)15-5-3-2-4-6-15;1-12(13(2)18)15(19)17-10-8-16(9-11-17)14-6-4-3-5-7-14;1-12(17)11-14(18)16-9-7-15(8-10-16)13-5-3-2-4-6-13;1-6(2)5-7(3)4;4-3-1-2-5-6-3/h2-8,20H,9-13H2,1H3;3-7H,1,8-11H2,2H3;2-6H,7-11H2,1H3;5H2,1-4H3;1-2H,(H3,4,5,6). The van der Waals surface area contributed by atoms with Gasteiger partial charge in [0.25, 0.3) is 11.8 Å². The number of piperazine rings is 3. The van der Waals surface area contributed by atoms with E-state index in [1.807, 2.05) is 65.0 Å². The molecule has 3 saturated heterocycles. The van der Waals surface area contributed by atoms with Gasteiger partial charge >= 0.3 is 0 Å². The molecule has 9 rings (SSSR count). The number of aromatic amines is 1. The van der Waals surface area contributed by atoms with Crippen LogP contribution < -0.4 is 25.8 Å². The lowest BCUT2D eigenvalue weighted by Gasteiger charge is -2.37. The third-order valence-electron chi connectivity index (χ3n) is 12.4. The van der Waals surface area contributed by atoms with Crippen LogP contribution in [0.15, 0.2) is 139 Å². The molecule has 19 heteroatoms. The fourth-order valence-corrected chi connectivity index (χ4v) is 8.48. The molecule has 19 nitrogen and oxygen atoms in total. The maximum absolute atomic E-state index is 12.9. The predicted octanol–water partition coefficient (Wildman–Crippen LogP) is 4.79. The molecule has 0 spiro atoms.